The summed E-state index contributed by atoms with van der Waals surface area (Å²) in [4.78, 5) is 1.46. The van der Waals surface area contributed by atoms with Crippen LogP contribution in [0, 0.1) is 17.8 Å². The molecule has 1 saturated heterocycles. The van der Waals surface area contributed by atoms with Gasteiger partial charge in [0, 0.05) is 43.8 Å². The van der Waals surface area contributed by atoms with Crippen molar-refractivity contribution in [3.63, 3.8) is 0 Å². The zero-order chi connectivity index (χ0) is 25.8. The Morgan fingerprint density at radius 2 is 1.05 bits per heavy atom. The first-order valence-corrected chi connectivity index (χ1v) is 15.8. The van der Waals surface area contributed by atoms with E-state index in [0.717, 1.165) is 0 Å². The predicted molar refractivity (Wildman–Crippen MR) is 169 cm³/mol. The topological polar surface area (TPSA) is 0 Å². The summed E-state index contributed by atoms with van der Waals surface area (Å²) < 4.78 is 0. The van der Waals surface area contributed by atoms with Crippen LogP contribution in [-0.2, 0) is 5.41 Å². The van der Waals surface area contributed by atoms with Crippen LogP contribution in [0.5, 0.6) is 0 Å². The van der Waals surface area contributed by atoms with Gasteiger partial charge in [-0.3, -0.25) is 0 Å². The molecule has 0 radical (unpaired) electrons. The van der Waals surface area contributed by atoms with E-state index in [0.29, 0.717) is 33.5 Å². The van der Waals surface area contributed by atoms with Gasteiger partial charge in [-0.25, -0.2) is 0 Å². The molecular weight excluding hydrogens is 509 g/mol. The lowest BCUT2D eigenvalue weighted by Gasteiger charge is -2.62. The average molecular weight is 539 g/mol. The van der Waals surface area contributed by atoms with Crippen molar-refractivity contribution in [3.05, 3.63) is 162 Å². The number of rotatable bonds is 2. The molecule has 3 aromatic carbocycles. The summed E-state index contributed by atoms with van der Waals surface area (Å²) in [5.41, 5.74) is 7.13. The number of allylic oxidation sites excluding steroid dienone is 9. The van der Waals surface area contributed by atoms with Gasteiger partial charge in [0.25, 0.3) is 0 Å². The minimum atomic E-state index is -0.0517. The Balaban J connectivity index is 1.39. The molecule has 0 amide bonds. The highest BCUT2D eigenvalue weighted by Gasteiger charge is 2.63. The Bertz CT molecular complexity index is 1510. The molecule has 0 saturated carbocycles. The number of benzene rings is 3. The van der Waals surface area contributed by atoms with Gasteiger partial charge in [-0.05, 0) is 33.9 Å². The maximum absolute atomic E-state index is 2.56. The fourth-order valence-corrected chi connectivity index (χ4v) is 11.3. The highest BCUT2D eigenvalue weighted by molar-refractivity contribution is 8.01. The molecule has 2 heteroatoms. The summed E-state index contributed by atoms with van der Waals surface area (Å²) in [6.45, 7) is 0. The van der Waals surface area contributed by atoms with Crippen LogP contribution in [0.2, 0.25) is 0 Å². The van der Waals surface area contributed by atoms with Crippen molar-refractivity contribution in [2.75, 3.05) is 0 Å². The molecule has 6 atom stereocenters. The summed E-state index contributed by atoms with van der Waals surface area (Å²) in [7, 11) is 0. The first kappa shape index (κ1) is 23.7. The summed E-state index contributed by atoms with van der Waals surface area (Å²) in [5.74, 6) is 1.19. The van der Waals surface area contributed by atoms with Crippen LogP contribution in [0.3, 0.4) is 0 Å². The van der Waals surface area contributed by atoms with Crippen molar-refractivity contribution in [1.29, 1.82) is 0 Å². The quantitative estimate of drug-likeness (QED) is 0.319. The number of hydrogen-bond acceptors (Lipinski definition) is 2. The van der Waals surface area contributed by atoms with Crippen molar-refractivity contribution in [2.24, 2.45) is 17.8 Å². The molecule has 2 aliphatic heterocycles. The number of hydrogen-bond donors (Lipinski definition) is 0. The van der Waals surface area contributed by atoms with Gasteiger partial charge < -0.3 is 0 Å². The van der Waals surface area contributed by atoms with Gasteiger partial charge in [0.15, 0.2) is 0 Å². The van der Waals surface area contributed by atoms with E-state index in [1.54, 1.807) is 5.56 Å². The van der Waals surface area contributed by atoms with E-state index in [1.807, 2.05) is 0 Å². The van der Waals surface area contributed by atoms with Gasteiger partial charge >= 0.3 is 0 Å². The summed E-state index contributed by atoms with van der Waals surface area (Å²) in [6.07, 6.45) is 24.2. The molecule has 1 spiro atoms. The van der Waals surface area contributed by atoms with Crippen LogP contribution in [-0.4, -0.2) is 15.7 Å². The molecule has 0 N–H and O–H groups in total. The Hall–Kier alpha value is -3.20. The highest BCUT2D eigenvalue weighted by Crippen LogP contribution is 2.67. The van der Waals surface area contributed by atoms with E-state index in [2.05, 4.69) is 169 Å². The third kappa shape index (κ3) is 3.54. The molecule has 6 unspecified atom stereocenters. The molecule has 3 aromatic rings. The van der Waals surface area contributed by atoms with Crippen LogP contribution in [0.25, 0.3) is 11.1 Å². The maximum atomic E-state index is 2.56. The Kier molecular flexibility index (Phi) is 5.75. The standard InChI is InChI=1S/C37H30S2/c1-3-13-25(14-4-1)27-17-11-21-31-35(27)39-36-28(26-15-5-2-6-16-26)18-12-22-32(36)37(31)29-19-7-9-23-33(29)38-34-24-10-8-20-30(34)37/h1-24,29,31-33,35-36H. The summed E-state index contributed by atoms with van der Waals surface area (Å²) >= 11 is 4.26. The van der Waals surface area contributed by atoms with E-state index in [-0.39, 0.29) is 5.41 Å². The van der Waals surface area contributed by atoms with Crippen LogP contribution >= 0.6 is 23.5 Å². The zero-order valence-corrected chi connectivity index (χ0v) is 23.3. The van der Waals surface area contributed by atoms with Crippen molar-refractivity contribution in [2.45, 2.75) is 26.1 Å². The van der Waals surface area contributed by atoms with Gasteiger partial charge in [0.1, 0.15) is 0 Å². The molecule has 3 aliphatic carbocycles. The van der Waals surface area contributed by atoms with E-state index in [1.165, 1.54) is 27.2 Å². The van der Waals surface area contributed by atoms with Gasteiger partial charge in [-0.2, -0.15) is 0 Å². The fraction of sp³-hybridized carbons (Fsp3) is 0.189. The van der Waals surface area contributed by atoms with Crippen LogP contribution < -0.4 is 0 Å². The lowest BCUT2D eigenvalue weighted by molar-refractivity contribution is 0.163. The molecule has 5 aliphatic rings. The first-order chi connectivity index (χ1) is 19.4. The number of thioether (sulfide) groups is 2. The molecule has 8 rings (SSSR count). The lowest BCUT2D eigenvalue weighted by atomic mass is 9.50. The van der Waals surface area contributed by atoms with Gasteiger partial charge in [-0.15, -0.1) is 23.5 Å². The highest BCUT2D eigenvalue weighted by atomic mass is 32.2. The normalized spacial score (nSPS) is 33.4. The summed E-state index contributed by atoms with van der Waals surface area (Å²) in [5, 5.41) is 1.18. The largest absolute Gasteiger partial charge is 0.144 e. The second-order valence-corrected chi connectivity index (χ2v) is 13.6. The second-order valence-electron chi connectivity index (χ2n) is 11.1. The van der Waals surface area contributed by atoms with Crippen LogP contribution in [0.1, 0.15) is 16.7 Å². The van der Waals surface area contributed by atoms with Crippen molar-refractivity contribution in [1.82, 2.24) is 0 Å². The number of fused-ring (bicyclic) bond motifs is 8. The third-order valence-electron chi connectivity index (χ3n) is 9.32. The second kappa shape index (κ2) is 9.47. The Labute approximate surface area is 240 Å². The van der Waals surface area contributed by atoms with E-state index in [9.17, 15) is 0 Å². The van der Waals surface area contributed by atoms with Gasteiger partial charge in [-0.1, -0.05) is 140 Å². The molecule has 39 heavy (non-hydrogen) atoms. The maximum Gasteiger partial charge on any atom is 0.0381 e. The molecular formula is C37H30S2. The van der Waals surface area contributed by atoms with Crippen molar-refractivity contribution in [3.8, 4) is 0 Å². The molecule has 2 heterocycles. The first-order valence-electron chi connectivity index (χ1n) is 14.0. The van der Waals surface area contributed by atoms with Crippen molar-refractivity contribution < 1.29 is 0 Å². The lowest BCUT2D eigenvalue weighted by Crippen LogP contribution is -2.61. The molecule has 1 fully saturated rings. The van der Waals surface area contributed by atoms with Crippen molar-refractivity contribution >= 4 is 34.7 Å². The van der Waals surface area contributed by atoms with Gasteiger partial charge in [0.05, 0.1) is 0 Å². The smallest absolute Gasteiger partial charge is 0.0381 e. The van der Waals surface area contributed by atoms with Gasteiger partial charge in [0.2, 0.25) is 0 Å². The van der Waals surface area contributed by atoms with E-state index >= 15 is 0 Å². The van der Waals surface area contributed by atoms with Crippen LogP contribution in [0.15, 0.2) is 151 Å². The molecule has 0 nitrogen and oxygen atoms in total. The van der Waals surface area contributed by atoms with E-state index < -0.39 is 0 Å². The van der Waals surface area contributed by atoms with E-state index in [4.69, 9.17) is 0 Å². The average Bonchev–Trinajstić information content (AvgIpc) is 3.01. The molecule has 190 valence electrons. The minimum absolute atomic E-state index is 0.0517. The van der Waals surface area contributed by atoms with Crippen LogP contribution in [0.4, 0.5) is 0 Å². The molecule has 0 aromatic heterocycles. The SMILES string of the molecule is C1=CC2Sc3ccccc3C3(C2C=C1)C1C=CC=C(c2ccccc2)C1SC1C(c2ccccc2)=CC=CC13. The third-order valence-corrected chi connectivity index (χ3v) is 12.3. The minimum Gasteiger partial charge on any atom is -0.144 e. The zero-order valence-electron chi connectivity index (χ0n) is 21.6. The Morgan fingerprint density at radius 1 is 0.513 bits per heavy atom. The predicted octanol–water partition coefficient (Wildman–Crippen LogP) is 9.16. The monoisotopic (exact) mass is 538 g/mol. The molecule has 0 bridgehead atoms. The Morgan fingerprint density at radius 3 is 1.69 bits per heavy atom. The fourth-order valence-electron chi connectivity index (χ4n) is 7.82. The summed E-state index contributed by atoms with van der Waals surface area (Å²) in [6, 6.07) is 31.5.